The molecule has 0 heterocycles. The van der Waals surface area contributed by atoms with Crippen LogP contribution in [-0.2, 0) is 33.3 Å². The van der Waals surface area contributed by atoms with E-state index >= 15 is 0 Å². The van der Waals surface area contributed by atoms with Crippen LogP contribution in [0.15, 0.2) is 126 Å². The molecular weight excluding hydrogens is 570 g/mol. The Kier molecular flexibility index (Phi) is 12.4. The molecule has 44 heavy (non-hydrogen) atoms. The SMILES string of the molecule is C[C@@H](Cc1ccccc1)C(OOSc1ccccc1)C(O)[C@H](Cc1ccccc1)N(Cc1ccccc1)C(=O)OC(C)(C)C. The summed E-state index contributed by atoms with van der Waals surface area (Å²) in [6.07, 6.45) is -1.37. The number of carbonyl (C=O) groups excluding carboxylic acids is 1. The molecule has 7 heteroatoms. The number of ether oxygens (including phenoxy) is 1. The summed E-state index contributed by atoms with van der Waals surface area (Å²) in [5.41, 5.74) is 2.30. The first-order valence-corrected chi connectivity index (χ1v) is 15.8. The topological polar surface area (TPSA) is 68.2 Å². The number of nitrogens with zero attached hydrogens (tertiary/aromatic N) is 1. The van der Waals surface area contributed by atoms with Crippen molar-refractivity contribution in [3.63, 3.8) is 0 Å². The maximum atomic E-state index is 13.9. The second-order valence-electron chi connectivity index (χ2n) is 12.0. The van der Waals surface area contributed by atoms with Gasteiger partial charge in [0, 0.05) is 11.4 Å². The molecule has 0 bridgehead atoms. The molecule has 0 aliphatic rings. The van der Waals surface area contributed by atoms with E-state index in [9.17, 15) is 9.90 Å². The van der Waals surface area contributed by atoms with Gasteiger partial charge in [-0.1, -0.05) is 116 Å². The number of hydrogen-bond donors (Lipinski definition) is 1. The summed E-state index contributed by atoms with van der Waals surface area (Å²) in [4.78, 5) is 22.5. The first-order valence-electron chi connectivity index (χ1n) is 15.0. The third kappa shape index (κ3) is 10.5. The van der Waals surface area contributed by atoms with Gasteiger partial charge in [0.05, 0.1) is 18.1 Å². The van der Waals surface area contributed by atoms with Gasteiger partial charge in [0.25, 0.3) is 0 Å². The molecule has 1 amide bonds. The van der Waals surface area contributed by atoms with Crippen LogP contribution >= 0.6 is 12.0 Å². The van der Waals surface area contributed by atoms with E-state index < -0.39 is 29.9 Å². The van der Waals surface area contributed by atoms with Crippen molar-refractivity contribution in [3.05, 3.63) is 138 Å². The first-order chi connectivity index (χ1) is 21.2. The van der Waals surface area contributed by atoms with Gasteiger partial charge in [-0.25, -0.2) is 9.68 Å². The molecule has 0 saturated carbocycles. The van der Waals surface area contributed by atoms with Crippen molar-refractivity contribution in [1.82, 2.24) is 4.90 Å². The zero-order valence-corrected chi connectivity index (χ0v) is 26.7. The normalized spacial score (nSPS) is 14.3. The summed E-state index contributed by atoms with van der Waals surface area (Å²) in [5, 5.41) is 12.3. The highest BCUT2D eigenvalue weighted by molar-refractivity contribution is 7.94. The van der Waals surface area contributed by atoms with E-state index in [1.54, 1.807) is 4.90 Å². The van der Waals surface area contributed by atoms with Crippen molar-refractivity contribution < 1.29 is 23.9 Å². The van der Waals surface area contributed by atoms with E-state index in [-0.39, 0.29) is 12.5 Å². The molecule has 0 aliphatic carbocycles. The van der Waals surface area contributed by atoms with Crippen LogP contribution in [0.3, 0.4) is 0 Å². The van der Waals surface area contributed by atoms with Gasteiger partial charge >= 0.3 is 6.09 Å². The fourth-order valence-corrected chi connectivity index (χ4v) is 5.56. The number of amides is 1. The molecule has 0 radical (unpaired) electrons. The van der Waals surface area contributed by atoms with Gasteiger partial charge < -0.3 is 9.84 Å². The molecule has 0 saturated heterocycles. The number of rotatable bonds is 14. The molecule has 4 aromatic rings. The number of aliphatic hydroxyl groups is 1. The summed E-state index contributed by atoms with van der Waals surface area (Å²) < 4.78 is 11.6. The Balaban J connectivity index is 1.70. The molecular formula is C37H43NO5S. The van der Waals surface area contributed by atoms with Gasteiger partial charge in [0.15, 0.2) is 0 Å². The highest BCUT2D eigenvalue weighted by Crippen LogP contribution is 2.29. The van der Waals surface area contributed by atoms with Crippen LogP contribution in [-0.4, -0.2) is 40.0 Å². The third-order valence-electron chi connectivity index (χ3n) is 7.23. The van der Waals surface area contributed by atoms with Crippen LogP contribution in [0, 0.1) is 5.92 Å². The van der Waals surface area contributed by atoms with E-state index in [0.717, 1.165) is 33.6 Å². The van der Waals surface area contributed by atoms with Gasteiger partial charge in [-0.3, -0.25) is 4.90 Å². The second kappa shape index (κ2) is 16.5. The summed E-state index contributed by atoms with van der Waals surface area (Å²) in [6.45, 7) is 7.82. The van der Waals surface area contributed by atoms with Crippen molar-refractivity contribution in [1.29, 1.82) is 0 Å². The minimum Gasteiger partial charge on any atom is -0.444 e. The third-order valence-corrected chi connectivity index (χ3v) is 7.84. The highest BCUT2D eigenvalue weighted by Gasteiger charge is 2.40. The molecule has 4 rings (SSSR count). The van der Waals surface area contributed by atoms with Crippen molar-refractivity contribution in [2.24, 2.45) is 5.92 Å². The van der Waals surface area contributed by atoms with E-state index in [1.165, 1.54) is 0 Å². The largest absolute Gasteiger partial charge is 0.444 e. The quantitative estimate of drug-likeness (QED) is 0.0877. The van der Waals surface area contributed by atoms with Gasteiger partial charge in [0.1, 0.15) is 17.8 Å². The smallest absolute Gasteiger partial charge is 0.410 e. The molecule has 1 N–H and O–H groups in total. The zero-order valence-electron chi connectivity index (χ0n) is 25.9. The van der Waals surface area contributed by atoms with Crippen molar-refractivity contribution >= 4 is 18.1 Å². The van der Waals surface area contributed by atoms with Gasteiger partial charge in [0.2, 0.25) is 0 Å². The highest BCUT2D eigenvalue weighted by atomic mass is 32.2. The Labute approximate surface area is 266 Å². The summed E-state index contributed by atoms with van der Waals surface area (Å²) in [5.74, 6) is -0.167. The van der Waals surface area contributed by atoms with Crippen LogP contribution in [0.1, 0.15) is 44.4 Å². The van der Waals surface area contributed by atoms with Crippen molar-refractivity contribution in [2.45, 2.75) is 75.8 Å². The van der Waals surface area contributed by atoms with Crippen LogP contribution < -0.4 is 0 Å². The predicted molar refractivity (Wildman–Crippen MR) is 176 cm³/mol. The Morgan fingerprint density at radius 3 is 1.75 bits per heavy atom. The molecule has 232 valence electrons. The zero-order chi connectivity index (χ0) is 31.4. The van der Waals surface area contributed by atoms with Gasteiger partial charge in [-0.15, -0.1) is 0 Å². The average Bonchev–Trinajstić information content (AvgIpc) is 3.02. The molecule has 0 spiro atoms. The molecule has 0 aliphatic heterocycles. The second-order valence-corrected chi connectivity index (χ2v) is 12.8. The number of aliphatic hydroxyl groups excluding tert-OH is 1. The standard InChI is InChI=1S/C37H43NO5S/c1-28(25-29-17-9-5-10-18-29)35(42-43-44-32-23-15-8-16-24-32)34(39)33(26-30-19-11-6-12-20-30)38(36(40)41-37(2,3)4)27-31-21-13-7-14-22-31/h5-24,28,33-35,39H,25-27H2,1-4H3/t28-,33-,34?,35?/m0/s1. The average molecular weight is 614 g/mol. The fraction of sp³-hybridized carbons (Fsp3) is 0.324. The Hall–Kier alpha value is -3.62. The fourth-order valence-electron chi connectivity index (χ4n) is 5.08. The maximum absolute atomic E-state index is 13.9. The minimum atomic E-state index is -1.12. The number of benzene rings is 4. The molecule has 0 aromatic heterocycles. The molecule has 4 aromatic carbocycles. The van der Waals surface area contributed by atoms with Crippen LogP contribution in [0.4, 0.5) is 4.79 Å². The van der Waals surface area contributed by atoms with Gasteiger partial charge in [-0.05, 0) is 68.4 Å². The van der Waals surface area contributed by atoms with Crippen molar-refractivity contribution in [3.8, 4) is 0 Å². The van der Waals surface area contributed by atoms with Crippen LogP contribution in [0.2, 0.25) is 0 Å². The summed E-state index contributed by atoms with van der Waals surface area (Å²) in [6, 6.07) is 38.7. The minimum absolute atomic E-state index is 0.167. The van der Waals surface area contributed by atoms with E-state index in [1.807, 2.05) is 137 Å². The lowest BCUT2D eigenvalue weighted by Gasteiger charge is -2.39. The van der Waals surface area contributed by atoms with Crippen molar-refractivity contribution in [2.75, 3.05) is 0 Å². The van der Waals surface area contributed by atoms with E-state index in [2.05, 4.69) is 12.1 Å². The molecule has 0 fully saturated rings. The first kappa shape index (κ1) is 33.3. The van der Waals surface area contributed by atoms with Gasteiger partial charge in [-0.2, -0.15) is 4.33 Å². The number of hydrogen-bond acceptors (Lipinski definition) is 6. The molecule has 4 atom stereocenters. The lowest BCUT2D eigenvalue weighted by molar-refractivity contribution is -0.272. The lowest BCUT2D eigenvalue weighted by Crippen LogP contribution is -2.55. The summed E-state index contributed by atoms with van der Waals surface area (Å²) in [7, 11) is 0. The summed E-state index contributed by atoms with van der Waals surface area (Å²) >= 11 is 1.09. The van der Waals surface area contributed by atoms with Crippen LogP contribution in [0.5, 0.6) is 0 Å². The van der Waals surface area contributed by atoms with E-state index in [4.69, 9.17) is 14.0 Å². The predicted octanol–water partition coefficient (Wildman–Crippen LogP) is 8.30. The van der Waals surface area contributed by atoms with Crippen LogP contribution in [0.25, 0.3) is 0 Å². The lowest BCUT2D eigenvalue weighted by atomic mass is 9.87. The Bertz CT molecular complexity index is 1380. The monoisotopic (exact) mass is 613 g/mol. The number of carbonyl (C=O) groups is 1. The Morgan fingerprint density at radius 2 is 1.23 bits per heavy atom. The van der Waals surface area contributed by atoms with E-state index in [0.29, 0.717) is 12.8 Å². The molecule has 2 unspecified atom stereocenters. The molecule has 6 nitrogen and oxygen atoms in total. The Morgan fingerprint density at radius 1 is 0.750 bits per heavy atom. The maximum Gasteiger partial charge on any atom is 0.410 e.